The van der Waals surface area contributed by atoms with E-state index >= 15 is 0 Å². The molecule has 2 rings (SSSR count). The van der Waals surface area contributed by atoms with Gasteiger partial charge in [0.2, 0.25) is 0 Å². The molecule has 0 saturated carbocycles. The number of methoxy groups -OCH3 is 1. The first-order valence-electron chi connectivity index (χ1n) is 7.18. The Morgan fingerprint density at radius 1 is 1.05 bits per heavy atom. The lowest BCUT2D eigenvalue weighted by Gasteiger charge is -2.00. The maximum absolute atomic E-state index is 11.9. The molecule has 0 aromatic heterocycles. The molecule has 0 bridgehead atoms. The summed E-state index contributed by atoms with van der Waals surface area (Å²) in [6.45, 7) is 0. The van der Waals surface area contributed by atoms with Crippen molar-refractivity contribution in [3.8, 4) is 5.75 Å². The van der Waals surface area contributed by atoms with Crippen molar-refractivity contribution >= 4 is 11.9 Å². The lowest BCUT2D eigenvalue weighted by molar-refractivity contribution is 0.0980. The molecule has 0 aliphatic heterocycles. The Hall–Kier alpha value is -2.35. The fraction of sp³-hybridized carbons (Fsp3) is 0.211. The van der Waals surface area contributed by atoms with Crippen LogP contribution in [0.2, 0.25) is 0 Å². The lowest BCUT2D eigenvalue weighted by atomic mass is 10.1. The summed E-state index contributed by atoms with van der Waals surface area (Å²) in [7, 11) is 1.66. The van der Waals surface area contributed by atoms with Gasteiger partial charge >= 0.3 is 0 Å². The van der Waals surface area contributed by atoms with Crippen LogP contribution in [0.4, 0.5) is 0 Å². The van der Waals surface area contributed by atoms with Crippen LogP contribution in [0, 0.1) is 0 Å². The van der Waals surface area contributed by atoms with Crippen molar-refractivity contribution in [3.63, 3.8) is 0 Å². The average molecular weight is 280 g/mol. The molecular formula is C19H20O2. The van der Waals surface area contributed by atoms with Crippen molar-refractivity contribution < 1.29 is 9.53 Å². The Labute approximate surface area is 126 Å². The number of Topliss-reactive ketones (excluding diaryl/α,β-unsaturated/α-hetero) is 1. The molecule has 0 aliphatic rings. The third-order valence-electron chi connectivity index (χ3n) is 3.30. The van der Waals surface area contributed by atoms with E-state index in [0.29, 0.717) is 6.42 Å². The standard InChI is InChI=1S/C19H20O2/c1-21-18-14-12-16(13-15-18)8-4-2-7-11-19(20)17-9-5-3-6-10-17/h3-6,8-10,12-15H,2,7,11H2,1H3/b8-4+. The van der Waals surface area contributed by atoms with Crippen LogP contribution in [0.25, 0.3) is 6.08 Å². The Bertz CT molecular complexity index is 583. The Kier molecular flexibility index (Phi) is 5.77. The van der Waals surface area contributed by atoms with Crippen LogP contribution in [0.1, 0.15) is 35.2 Å². The summed E-state index contributed by atoms with van der Waals surface area (Å²) in [5, 5.41) is 0. The highest BCUT2D eigenvalue weighted by atomic mass is 16.5. The molecule has 0 amide bonds. The van der Waals surface area contributed by atoms with E-state index in [0.717, 1.165) is 29.7 Å². The topological polar surface area (TPSA) is 26.3 Å². The number of hydrogen-bond acceptors (Lipinski definition) is 2. The van der Waals surface area contributed by atoms with Crippen LogP contribution in [0.15, 0.2) is 60.7 Å². The summed E-state index contributed by atoms with van der Waals surface area (Å²) in [5.41, 5.74) is 1.95. The first-order chi connectivity index (χ1) is 10.3. The van der Waals surface area contributed by atoms with Crippen LogP contribution in [0.5, 0.6) is 5.75 Å². The minimum Gasteiger partial charge on any atom is -0.497 e. The summed E-state index contributed by atoms with van der Waals surface area (Å²) >= 11 is 0. The molecule has 0 fully saturated rings. The fourth-order valence-corrected chi connectivity index (χ4v) is 2.08. The van der Waals surface area contributed by atoms with Gasteiger partial charge in [-0.2, -0.15) is 0 Å². The van der Waals surface area contributed by atoms with Gasteiger partial charge in [0.05, 0.1) is 7.11 Å². The molecule has 0 spiro atoms. The van der Waals surface area contributed by atoms with Crippen LogP contribution >= 0.6 is 0 Å². The number of carbonyl (C=O) groups excluding carboxylic acids is 1. The van der Waals surface area contributed by atoms with Gasteiger partial charge in [0.25, 0.3) is 0 Å². The first kappa shape index (κ1) is 15.0. The van der Waals surface area contributed by atoms with Gasteiger partial charge in [-0.25, -0.2) is 0 Å². The van der Waals surface area contributed by atoms with E-state index in [2.05, 4.69) is 12.2 Å². The number of hydrogen-bond donors (Lipinski definition) is 0. The minimum atomic E-state index is 0.216. The number of unbranched alkanes of at least 4 members (excludes halogenated alkanes) is 1. The molecule has 0 saturated heterocycles. The van der Waals surface area contributed by atoms with Gasteiger partial charge in [-0.3, -0.25) is 4.79 Å². The van der Waals surface area contributed by atoms with Crippen LogP contribution in [-0.2, 0) is 0 Å². The highest BCUT2D eigenvalue weighted by molar-refractivity contribution is 5.95. The maximum Gasteiger partial charge on any atom is 0.162 e. The Morgan fingerprint density at radius 2 is 1.76 bits per heavy atom. The van der Waals surface area contributed by atoms with Gasteiger partial charge in [-0.15, -0.1) is 0 Å². The monoisotopic (exact) mass is 280 g/mol. The van der Waals surface area contributed by atoms with Crippen molar-refractivity contribution in [2.24, 2.45) is 0 Å². The summed E-state index contributed by atoms with van der Waals surface area (Å²) in [6.07, 6.45) is 6.56. The smallest absolute Gasteiger partial charge is 0.162 e. The number of ether oxygens (including phenoxy) is 1. The predicted molar refractivity (Wildman–Crippen MR) is 86.7 cm³/mol. The molecule has 21 heavy (non-hydrogen) atoms. The molecule has 2 nitrogen and oxygen atoms in total. The zero-order valence-corrected chi connectivity index (χ0v) is 12.3. The quantitative estimate of drug-likeness (QED) is 0.540. The SMILES string of the molecule is COc1ccc(/C=C/CCCC(=O)c2ccccc2)cc1. The largest absolute Gasteiger partial charge is 0.497 e. The molecule has 2 aromatic rings. The fourth-order valence-electron chi connectivity index (χ4n) is 2.08. The van der Waals surface area contributed by atoms with Crippen LogP contribution in [-0.4, -0.2) is 12.9 Å². The van der Waals surface area contributed by atoms with Crippen molar-refractivity contribution in [1.29, 1.82) is 0 Å². The lowest BCUT2D eigenvalue weighted by Crippen LogP contribution is -1.97. The van der Waals surface area contributed by atoms with Gasteiger partial charge < -0.3 is 4.74 Å². The first-order valence-corrected chi connectivity index (χ1v) is 7.18. The van der Waals surface area contributed by atoms with Crippen molar-refractivity contribution in [3.05, 3.63) is 71.8 Å². The average Bonchev–Trinajstić information content (AvgIpc) is 2.55. The number of rotatable bonds is 7. The van der Waals surface area contributed by atoms with Crippen LogP contribution in [0.3, 0.4) is 0 Å². The second kappa shape index (κ2) is 8.05. The van der Waals surface area contributed by atoms with E-state index in [1.807, 2.05) is 54.6 Å². The van der Waals surface area contributed by atoms with Crippen molar-refractivity contribution in [2.45, 2.75) is 19.3 Å². The molecule has 108 valence electrons. The zero-order valence-electron chi connectivity index (χ0n) is 12.3. The number of ketones is 1. The summed E-state index contributed by atoms with van der Waals surface area (Å²) < 4.78 is 5.12. The third kappa shape index (κ3) is 4.92. The van der Waals surface area contributed by atoms with E-state index in [1.54, 1.807) is 7.11 Å². The van der Waals surface area contributed by atoms with Crippen LogP contribution < -0.4 is 4.74 Å². The van der Waals surface area contributed by atoms with E-state index < -0.39 is 0 Å². The molecule has 0 heterocycles. The minimum absolute atomic E-state index is 0.216. The van der Waals surface area contributed by atoms with Gasteiger partial charge in [-0.05, 0) is 30.5 Å². The molecule has 2 heteroatoms. The van der Waals surface area contributed by atoms with E-state index in [-0.39, 0.29) is 5.78 Å². The molecule has 0 radical (unpaired) electrons. The summed E-state index contributed by atoms with van der Waals surface area (Å²) in [6, 6.07) is 17.4. The van der Waals surface area contributed by atoms with Crippen molar-refractivity contribution in [2.75, 3.05) is 7.11 Å². The molecule has 0 aliphatic carbocycles. The molecule has 0 atom stereocenters. The predicted octanol–water partition coefficient (Wildman–Crippen LogP) is 4.76. The summed E-state index contributed by atoms with van der Waals surface area (Å²) in [5.74, 6) is 1.08. The molecule has 0 unspecified atom stereocenters. The number of allylic oxidation sites excluding steroid dienone is 1. The van der Waals surface area contributed by atoms with E-state index in [4.69, 9.17) is 4.74 Å². The highest BCUT2D eigenvalue weighted by Gasteiger charge is 2.03. The Balaban J connectivity index is 1.74. The van der Waals surface area contributed by atoms with Gasteiger partial charge in [0.15, 0.2) is 5.78 Å². The van der Waals surface area contributed by atoms with Crippen molar-refractivity contribution in [1.82, 2.24) is 0 Å². The van der Waals surface area contributed by atoms with Gasteiger partial charge in [-0.1, -0.05) is 54.6 Å². The van der Waals surface area contributed by atoms with Gasteiger partial charge in [0.1, 0.15) is 5.75 Å². The van der Waals surface area contributed by atoms with Gasteiger partial charge in [0, 0.05) is 12.0 Å². The number of benzene rings is 2. The molecule has 2 aromatic carbocycles. The second-order valence-electron chi connectivity index (χ2n) is 4.86. The normalized spacial score (nSPS) is 10.7. The number of carbonyl (C=O) groups is 1. The second-order valence-corrected chi connectivity index (χ2v) is 4.86. The maximum atomic E-state index is 11.9. The van der Waals surface area contributed by atoms with E-state index in [1.165, 1.54) is 0 Å². The summed E-state index contributed by atoms with van der Waals surface area (Å²) in [4.78, 5) is 11.9. The molecule has 0 N–H and O–H groups in total. The van der Waals surface area contributed by atoms with E-state index in [9.17, 15) is 4.79 Å². The highest BCUT2D eigenvalue weighted by Crippen LogP contribution is 2.13. The third-order valence-corrected chi connectivity index (χ3v) is 3.30. The Morgan fingerprint density at radius 3 is 2.43 bits per heavy atom. The molecular weight excluding hydrogens is 260 g/mol. The zero-order chi connectivity index (χ0) is 14.9.